The van der Waals surface area contributed by atoms with Crippen LogP contribution in [0.2, 0.25) is 0 Å². The molecule has 0 aromatic heterocycles. The summed E-state index contributed by atoms with van der Waals surface area (Å²) in [5, 5.41) is 0. The molecule has 1 fully saturated rings. The van der Waals surface area contributed by atoms with Gasteiger partial charge in [0.05, 0.1) is 0 Å². The second kappa shape index (κ2) is 6.85. The lowest BCUT2D eigenvalue weighted by Crippen LogP contribution is -2.29. The molecule has 2 rings (SSSR count). The van der Waals surface area contributed by atoms with Crippen molar-refractivity contribution in [2.45, 2.75) is 79.2 Å². The predicted octanol–water partition coefficient (Wildman–Crippen LogP) is 5.74. The van der Waals surface area contributed by atoms with E-state index in [1.54, 1.807) is 0 Å². The average Bonchev–Trinajstić information content (AvgIpc) is 2.76. The first-order valence-corrected chi connectivity index (χ1v) is 8.91. The molecule has 0 saturated carbocycles. The first kappa shape index (κ1) is 16.4. The number of hydrogen-bond acceptors (Lipinski definition) is 1. The van der Waals surface area contributed by atoms with Crippen molar-refractivity contribution < 1.29 is 0 Å². The molecule has 0 amide bonds. The van der Waals surface area contributed by atoms with E-state index in [0.29, 0.717) is 11.5 Å². The topological polar surface area (TPSA) is 3.24 Å². The molecule has 21 heavy (non-hydrogen) atoms. The number of hydrogen-bond donors (Lipinski definition) is 0. The van der Waals surface area contributed by atoms with E-state index in [9.17, 15) is 0 Å². The summed E-state index contributed by atoms with van der Waals surface area (Å²) in [6.07, 6.45) is 7.89. The van der Waals surface area contributed by atoms with Gasteiger partial charge < -0.3 is 4.90 Å². The third kappa shape index (κ3) is 3.44. The summed E-state index contributed by atoms with van der Waals surface area (Å²) in [6, 6.07) is 7.76. The van der Waals surface area contributed by atoms with E-state index in [1.165, 1.54) is 55.5 Å². The monoisotopic (exact) mass is 287 g/mol. The van der Waals surface area contributed by atoms with E-state index >= 15 is 0 Å². The molecule has 0 aliphatic carbocycles. The molecule has 1 aromatic carbocycles. The molecule has 1 saturated heterocycles. The summed E-state index contributed by atoms with van der Waals surface area (Å²) in [5.74, 6) is 0. The molecule has 0 bridgehead atoms. The summed E-state index contributed by atoms with van der Waals surface area (Å²) < 4.78 is 0. The molecule has 1 unspecified atom stereocenters. The van der Waals surface area contributed by atoms with E-state index in [4.69, 9.17) is 0 Å². The van der Waals surface area contributed by atoms with Crippen molar-refractivity contribution in [3.8, 4) is 0 Å². The fraction of sp³-hybridized carbons (Fsp3) is 0.700. The van der Waals surface area contributed by atoms with Crippen LogP contribution >= 0.6 is 0 Å². The van der Waals surface area contributed by atoms with E-state index in [-0.39, 0.29) is 0 Å². The minimum Gasteiger partial charge on any atom is -0.368 e. The Hall–Kier alpha value is -0.980. The molecule has 1 nitrogen and oxygen atoms in total. The summed E-state index contributed by atoms with van der Waals surface area (Å²) in [4.78, 5) is 2.66. The van der Waals surface area contributed by atoms with Gasteiger partial charge in [-0.15, -0.1) is 0 Å². The highest BCUT2D eigenvalue weighted by Gasteiger charge is 2.40. The summed E-state index contributed by atoms with van der Waals surface area (Å²) in [7, 11) is 0. The second-order valence-electron chi connectivity index (χ2n) is 7.15. The first-order valence-electron chi connectivity index (χ1n) is 8.91. The van der Waals surface area contributed by atoms with Gasteiger partial charge in [0.1, 0.15) is 0 Å². The Morgan fingerprint density at radius 2 is 1.81 bits per heavy atom. The molecule has 1 aromatic rings. The molecule has 1 aliphatic rings. The summed E-state index contributed by atoms with van der Waals surface area (Å²) >= 11 is 0. The fourth-order valence-corrected chi connectivity index (χ4v) is 4.47. The van der Waals surface area contributed by atoms with E-state index in [0.717, 1.165) is 6.42 Å². The van der Waals surface area contributed by atoms with Gasteiger partial charge in [-0.3, -0.25) is 0 Å². The Labute approximate surface area is 131 Å². The van der Waals surface area contributed by atoms with Crippen molar-refractivity contribution in [2.75, 3.05) is 11.4 Å². The Bertz CT molecular complexity index is 457. The van der Waals surface area contributed by atoms with Crippen LogP contribution in [0.15, 0.2) is 18.2 Å². The highest BCUT2D eigenvalue weighted by molar-refractivity contribution is 5.53. The largest absolute Gasteiger partial charge is 0.368 e. The zero-order chi connectivity index (χ0) is 15.5. The lowest BCUT2D eigenvalue weighted by atomic mass is 9.77. The van der Waals surface area contributed by atoms with Crippen LogP contribution in [-0.2, 0) is 6.42 Å². The van der Waals surface area contributed by atoms with Crippen LogP contribution in [0.3, 0.4) is 0 Å². The highest BCUT2D eigenvalue weighted by atomic mass is 15.2. The zero-order valence-corrected chi connectivity index (χ0v) is 14.7. The van der Waals surface area contributed by atoms with Crippen LogP contribution < -0.4 is 4.90 Å². The van der Waals surface area contributed by atoms with Gasteiger partial charge in [-0.25, -0.2) is 0 Å². The number of anilines is 1. The van der Waals surface area contributed by atoms with Crippen LogP contribution in [0, 0.1) is 12.3 Å². The Morgan fingerprint density at radius 3 is 2.33 bits per heavy atom. The van der Waals surface area contributed by atoms with Gasteiger partial charge in [0.15, 0.2) is 0 Å². The molecule has 118 valence electrons. The molecule has 0 N–H and O–H groups in total. The number of nitrogens with zero attached hydrogens (tertiary/aromatic N) is 1. The van der Waals surface area contributed by atoms with Gasteiger partial charge in [-0.05, 0) is 68.2 Å². The second-order valence-corrected chi connectivity index (χ2v) is 7.15. The van der Waals surface area contributed by atoms with Crippen molar-refractivity contribution in [1.29, 1.82) is 0 Å². The van der Waals surface area contributed by atoms with E-state index < -0.39 is 0 Å². The molecule has 1 atom stereocenters. The lowest BCUT2D eigenvalue weighted by molar-refractivity contribution is 0.263. The minimum atomic E-state index is 0.556. The molecular formula is C20H33N. The van der Waals surface area contributed by atoms with Crippen LogP contribution in [0.1, 0.15) is 70.9 Å². The van der Waals surface area contributed by atoms with Crippen LogP contribution in [-0.4, -0.2) is 12.6 Å². The third-order valence-electron chi connectivity index (χ3n) is 5.37. The Morgan fingerprint density at radius 1 is 1.14 bits per heavy atom. The molecule has 0 radical (unpaired) electrons. The number of rotatable bonds is 6. The van der Waals surface area contributed by atoms with Crippen molar-refractivity contribution in [3.05, 3.63) is 29.3 Å². The van der Waals surface area contributed by atoms with Gasteiger partial charge in [0.25, 0.3) is 0 Å². The SMILES string of the molecule is CCCC1(CCC)CC(C)N(c2ccc(CC)c(C)c2)C1. The van der Waals surface area contributed by atoms with Gasteiger partial charge in [-0.1, -0.05) is 39.7 Å². The summed E-state index contributed by atoms with van der Waals surface area (Å²) in [6.45, 7) is 12.8. The third-order valence-corrected chi connectivity index (χ3v) is 5.37. The fourth-order valence-electron chi connectivity index (χ4n) is 4.47. The maximum absolute atomic E-state index is 2.66. The van der Waals surface area contributed by atoms with Crippen molar-refractivity contribution in [3.63, 3.8) is 0 Å². The van der Waals surface area contributed by atoms with Crippen molar-refractivity contribution in [1.82, 2.24) is 0 Å². The van der Waals surface area contributed by atoms with Crippen LogP contribution in [0.25, 0.3) is 0 Å². The van der Waals surface area contributed by atoms with Gasteiger partial charge >= 0.3 is 0 Å². The van der Waals surface area contributed by atoms with Crippen LogP contribution in [0.4, 0.5) is 5.69 Å². The zero-order valence-electron chi connectivity index (χ0n) is 14.7. The van der Waals surface area contributed by atoms with Gasteiger partial charge in [0, 0.05) is 18.3 Å². The lowest BCUT2D eigenvalue weighted by Gasteiger charge is -2.30. The normalized spacial score (nSPS) is 21.0. The van der Waals surface area contributed by atoms with Crippen molar-refractivity contribution >= 4 is 5.69 Å². The molecule has 1 heteroatoms. The Kier molecular flexibility index (Phi) is 5.35. The van der Waals surface area contributed by atoms with Gasteiger partial charge in [0.2, 0.25) is 0 Å². The smallest absolute Gasteiger partial charge is 0.0371 e. The summed E-state index contributed by atoms with van der Waals surface area (Å²) in [5.41, 5.74) is 4.93. The average molecular weight is 287 g/mol. The molecule has 1 aliphatic heterocycles. The van der Waals surface area contributed by atoms with Crippen molar-refractivity contribution in [2.24, 2.45) is 5.41 Å². The maximum atomic E-state index is 2.66. The highest BCUT2D eigenvalue weighted by Crippen LogP contribution is 2.44. The minimum absolute atomic E-state index is 0.556. The van der Waals surface area contributed by atoms with E-state index in [2.05, 4.69) is 57.7 Å². The first-order chi connectivity index (χ1) is 10.0. The molecule has 1 heterocycles. The number of benzene rings is 1. The number of aryl methyl sites for hydroxylation is 2. The van der Waals surface area contributed by atoms with Crippen LogP contribution in [0.5, 0.6) is 0 Å². The molecular weight excluding hydrogens is 254 g/mol. The maximum Gasteiger partial charge on any atom is 0.0371 e. The standard InChI is InChI=1S/C20H33N/c1-6-11-20(12-7-2)14-17(5)21(15-20)19-10-9-18(8-3)16(4)13-19/h9-10,13,17H,6-8,11-12,14-15H2,1-5H3. The molecule has 0 spiro atoms. The predicted molar refractivity (Wildman–Crippen MR) is 94.2 cm³/mol. The van der Waals surface area contributed by atoms with E-state index in [1.807, 2.05) is 0 Å². The van der Waals surface area contributed by atoms with Gasteiger partial charge in [-0.2, -0.15) is 0 Å². The quantitative estimate of drug-likeness (QED) is 0.644. The Balaban J connectivity index is 2.22.